The first-order valence-electron chi connectivity index (χ1n) is 6.48. The fraction of sp³-hybridized carbons (Fsp3) is 0.538. The lowest BCUT2D eigenvalue weighted by atomic mass is 10.0. The molecule has 0 fully saturated rings. The Hall–Kier alpha value is -1.12. The highest BCUT2D eigenvalue weighted by molar-refractivity contribution is 7.89. The summed E-state index contributed by atoms with van der Waals surface area (Å²) < 4.78 is 64.0. The second-order valence-electron chi connectivity index (χ2n) is 4.66. The predicted octanol–water partition coefficient (Wildman–Crippen LogP) is 2.39. The van der Waals surface area contributed by atoms with Gasteiger partial charge in [-0.25, -0.2) is 13.1 Å². The Balaban J connectivity index is 2.88. The van der Waals surface area contributed by atoms with Gasteiger partial charge in [0.1, 0.15) is 0 Å². The van der Waals surface area contributed by atoms with Gasteiger partial charge in [0.15, 0.2) is 0 Å². The highest BCUT2D eigenvalue weighted by Gasteiger charge is 2.31. The van der Waals surface area contributed by atoms with Crippen LogP contribution in [0.2, 0.25) is 0 Å². The maximum atomic E-state index is 12.6. The first kappa shape index (κ1) is 17.9. The molecule has 0 amide bonds. The lowest BCUT2D eigenvalue weighted by Crippen LogP contribution is -2.29. The monoisotopic (exact) mass is 325 g/mol. The van der Waals surface area contributed by atoms with Crippen LogP contribution in [0, 0.1) is 5.92 Å². The molecule has 1 rings (SSSR count). The molecule has 0 bridgehead atoms. The van der Waals surface area contributed by atoms with Gasteiger partial charge in [-0.2, -0.15) is 13.2 Å². The maximum absolute atomic E-state index is 12.6. The molecule has 0 saturated heterocycles. The zero-order valence-electron chi connectivity index (χ0n) is 11.5. The highest BCUT2D eigenvalue weighted by Crippen LogP contribution is 2.30. The van der Waals surface area contributed by atoms with Crippen molar-refractivity contribution in [1.29, 1.82) is 0 Å². The molecule has 2 N–H and O–H groups in total. The molecule has 0 aliphatic rings. The van der Waals surface area contributed by atoms with Crippen molar-refractivity contribution < 1.29 is 26.7 Å². The minimum atomic E-state index is -4.59. The molecular weight excluding hydrogens is 307 g/mol. The van der Waals surface area contributed by atoms with Crippen LogP contribution in [0.4, 0.5) is 13.2 Å². The molecular formula is C13H18F3NO3S. The molecule has 120 valence electrons. The van der Waals surface area contributed by atoms with Crippen LogP contribution in [-0.4, -0.2) is 26.7 Å². The third-order valence-electron chi connectivity index (χ3n) is 3.15. The van der Waals surface area contributed by atoms with Gasteiger partial charge in [-0.1, -0.05) is 19.4 Å². The van der Waals surface area contributed by atoms with Crippen LogP contribution in [0.15, 0.2) is 29.2 Å². The average Bonchev–Trinajstić information content (AvgIpc) is 2.42. The summed E-state index contributed by atoms with van der Waals surface area (Å²) in [6.07, 6.45) is -3.50. The summed E-state index contributed by atoms with van der Waals surface area (Å²) in [5.74, 6) is -0.0597. The third-order valence-corrected chi connectivity index (χ3v) is 4.57. The van der Waals surface area contributed by atoms with E-state index in [1.807, 2.05) is 6.92 Å². The molecule has 0 spiro atoms. The van der Waals surface area contributed by atoms with E-state index in [1.165, 1.54) is 0 Å². The Bertz CT molecular complexity index is 558. The summed E-state index contributed by atoms with van der Waals surface area (Å²) in [7, 11) is -4.00. The number of halogens is 3. The predicted molar refractivity (Wildman–Crippen MR) is 72.1 cm³/mol. The van der Waals surface area contributed by atoms with E-state index in [0.29, 0.717) is 18.9 Å². The first-order valence-corrected chi connectivity index (χ1v) is 7.96. The van der Waals surface area contributed by atoms with Crippen molar-refractivity contribution in [2.45, 2.75) is 30.8 Å². The van der Waals surface area contributed by atoms with Crippen molar-refractivity contribution >= 4 is 10.0 Å². The standard InChI is InChI=1S/C13H18F3NO3S/c1-2-10(6-7-18)9-17-21(19,20)12-5-3-4-11(8-12)13(14,15)16/h3-5,8,10,17-18H,2,6-7,9H2,1H3. The SMILES string of the molecule is CCC(CCO)CNS(=O)(=O)c1cccc(C(F)(F)F)c1. The average molecular weight is 325 g/mol. The molecule has 0 aliphatic carbocycles. The van der Waals surface area contributed by atoms with Crippen LogP contribution in [0.3, 0.4) is 0 Å². The summed E-state index contributed by atoms with van der Waals surface area (Å²) in [6.45, 7) is 1.86. The van der Waals surface area contributed by atoms with Gasteiger partial charge in [-0.05, 0) is 30.5 Å². The van der Waals surface area contributed by atoms with Crippen molar-refractivity contribution in [3.63, 3.8) is 0 Å². The van der Waals surface area contributed by atoms with Crippen molar-refractivity contribution in [2.24, 2.45) is 5.92 Å². The van der Waals surface area contributed by atoms with Crippen LogP contribution in [0.25, 0.3) is 0 Å². The van der Waals surface area contributed by atoms with Gasteiger partial charge >= 0.3 is 6.18 Å². The molecule has 21 heavy (non-hydrogen) atoms. The third kappa shape index (κ3) is 5.29. The van der Waals surface area contributed by atoms with E-state index in [4.69, 9.17) is 5.11 Å². The van der Waals surface area contributed by atoms with Crippen LogP contribution < -0.4 is 4.72 Å². The summed E-state index contributed by atoms with van der Waals surface area (Å²) in [5, 5.41) is 8.84. The molecule has 4 nitrogen and oxygen atoms in total. The highest BCUT2D eigenvalue weighted by atomic mass is 32.2. The normalized spacial score (nSPS) is 14.1. The van der Waals surface area contributed by atoms with Crippen molar-refractivity contribution in [2.75, 3.05) is 13.2 Å². The smallest absolute Gasteiger partial charge is 0.396 e. The zero-order valence-corrected chi connectivity index (χ0v) is 12.3. The Morgan fingerprint density at radius 1 is 1.33 bits per heavy atom. The van der Waals surface area contributed by atoms with E-state index >= 15 is 0 Å². The van der Waals surface area contributed by atoms with Gasteiger partial charge in [0.25, 0.3) is 0 Å². The number of alkyl halides is 3. The van der Waals surface area contributed by atoms with Gasteiger partial charge in [-0.3, -0.25) is 0 Å². The molecule has 0 radical (unpaired) electrons. The first-order chi connectivity index (χ1) is 9.70. The number of aliphatic hydroxyl groups excluding tert-OH is 1. The quantitative estimate of drug-likeness (QED) is 0.809. The fourth-order valence-corrected chi connectivity index (χ4v) is 2.95. The maximum Gasteiger partial charge on any atom is 0.416 e. The van der Waals surface area contributed by atoms with Gasteiger partial charge in [0.2, 0.25) is 10.0 Å². The number of nitrogens with one attached hydrogen (secondary N) is 1. The number of aliphatic hydroxyl groups is 1. The number of hydrogen-bond donors (Lipinski definition) is 2. The molecule has 8 heteroatoms. The van der Waals surface area contributed by atoms with E-state index < -0.39 is 26.7 Å². The minimum Gasteiger partial charge on any atom is -0.396 e. The second kappa shape index (κ2) is 7.24. The lowest BCUT2D eigenvalue weighted by Gasteiger charge is -2.15. The second-order valence-corrected chi connectivity index (χ2v) is 6.43. The summed E-state index contributed by atoms with van der Waals surface area (Å²) in [4.78, 5) is -0.420. The Kier molecular flexibility index (Phi) is 6.18. The molecule has 0 aliphatic heterocycles. The number of benzene rings is 1. The summed E-state index contributed by atoms with van der Waals surface area (Å²) in [6, 6.07) is 3.60. The Morgan fingerprint density at radius 2 is 2.00 bits per heavy atom. The van der Waals surface area contributed by atoms with Crippen molar-refractivity contribution in [3.05, 3.63) is 29.8 Å². The van der Waals surface area contributed by atoms with Gasteiger partial charge in [0.05, 0.1) is 10.5 Å². The van der Waals surface area contributed by atoms with Crippen molar-refractivity contribution in [3.8, 4) is 0 Å². The van der Waals surface area contributed by atoms with E-state index in [-0.39, 0.29) is 19.1 Å². The van der Waals surface area contributed by atoms with E-state index in [9.17, 15) is 21.6 Å². The molecule has 0 saturated carbocycles. The molecule has 1 aromatic carbocycles. The Labute approximate surface area is 122 Å². The van der Waals surface area contributed by atoms with Gasteiger partial charge in [0, 0.05) is 13.2 Å². The number of hydrogen-bond acceptors (Lipinski definition) is 3. The number of sulfonamides is 1. The molecule has 0 heterocycles. The van der Waals surface area contributed by atoms with Gasteiger partial charge in [-0.15, -0.1) is 0 Å². The molecule has 0 aromatic heterocycles. The topological polar surface area (TPSA) is 66.4 Å². The van der Waals surface area contributed by atoms with Gasteiger partial charge < -0.3 is 5.11 Å². The van der Waals surface area contributed by atoms with Crippen LogP contribution in [0.1, 0.15) is 25.3 Å². The fourth-order valence-electron chi connectivity index (χ4n) is 1.78. The van der Waals surface area contributed by atoms with Crippen LogP contribution >= 0.6 is 0 Å². The van der Waals surface area contributed by atoms with Crippen LogP contribution in [-0.2, 0) is 16.2 Å². The Morgan fingerprint density at radius 3 is 2.52 bits per heavy atom. The minimum absolute atomic E-state index is 0.0597. The largest absolute Gasteiger partial charge is 0.416 e. The molecule has 1 unspecified atom stereocenters. The van der Waals surface area contributed by atoms with Crippen molar-refractivity contribution in [1.82, 2.24) is 4.72 Å². The van der Waals surface area contributed by atoms with E-state index in [0.717, 1.165) is 18.2 Å². The van der Waals surface area contributed by atoms with E-state index in [2.05, 4.69) is 4.72 Å². The molecule has 1 atom stereocenters. The zero-order chi connectivity index (χ0) is 16.1. The van der Waals surface area contributed by atoms with Crippen LogP contribution in [0.5, 0.6) is 0 Å². The summed E-state index contributed by atoms with van der Waals surface area (Å²) in [5.41, 5.74) is -1.01. The summed E-state index contributed by atoms with van der Waals surface area (Å²) >= 11 is 0. The molecule has 1 aromatic rings. The lowest BCUT2D eigenvalue weighted by molar-refractivity contribution is -0.137. The van der Waals surface area contributed by atoms with E-state index in [1.54, 1.807) is 0 Å². The number of rotatable bonds is 7.